The van der Waals surface area contributed by atoms with Crippen molar-refractivity contribution < 1.29 is 0 Å². The van der Waals surface area contributed by atoms with Gasteiger partial charge in [0.1, 0.15) is 0 Å². The topological polar surface area (TPSA) is 43.6 Å². The summed E-state index contributed by atoms with van der Waals surface area (Å²) in [5.41, 5.74) is 12.0. The van der Waals surface area contributed by atoms with Crippen molar-refractivity contribution in [1.82, 2.24) is 19.5 Å². The lowest BCUT2D eigenvalue weighted by molar-refractivity contribution is 1.13. The molecule has 0 aliphatic heterocycles. The van der Waals surface area contributed by atoms with Crippen LogP contribution in [0.5, 0.6) is 0 Å². The SMILES string of the molecule is c1ccc(-c2c3ccccc3c(-c3ccccc3)c3cc(-c4ccc(-c5ccc(-n6c7ccccc7c7cnccc76)cn5)nc4)ccc23)cc1. The molecular formula is C47H30N4. The van der Waals surface area contributed by atoms with Crippen LogP contribution in [0.15, 0.2) is 183 Å². The Labute approximate surface area is 295 Å². The first-order chi connectivity index (χ1) is 25.3. The van der Waals surface area contributed by atoms with Crippen LogP contribution >= 0.6 is 0 Å². The van der Waals surface area contributed by atoms with Gasteiger partial charge in [0.05, 0.1) is 34.3 Å². The van der Waals surface area contributed by atoms with Crippen LogP contribution in [-0.2, 0) is 0 Å². The third-order valence-corrected chi connectivity index (χ3v) is 9.99. The molecule has 4 aromatic heterocycles. The first kappa shape index (κ1) is 29.0. The molecule has 10 rings (SSSR count). The van der Waals surface area contributed by atoms with Crippen LogP contribution in [0.1, 0.15) is 0 Å². The van der Waals surface area contributed by atoms with Crippen molar-refractivity contribution in [2.45, 2.75) is 0 Å². The van der Waals surface area contributed by atoms with Gasteiger partial charge in [-0.05, 0) is 85.8 Å². The highest BCUT2D eigenvalue weighted by Gasteiger charge is 2.18. The number of para-hydroxylation sites is 1. The van der Waals surface area contributed by atoms with E-state index in [1.54, 1.807) is 0 Å². The Kier molecular flexibility index (Phi) is 6.78. The highest BCUT2D eigenvalue weighted by molar-refractivity contribution is 6.22. The average molecular weight is 651 g/mol. The van der Waals surface area contributed by atoms with Crippen LogP contribution < -0.4 is 0 Å². The predicted molar refractivity (Wildman–Crippen MR) is 211 cm³/mol. The fraction of sp³-hybridized carbons (Fsp3) is 0. The van der Waals surface area contributed by atoms with E-state index in [9.17, 15) is 0 Å². The fourth-order valence-electron chi connectivity index (χ4n) is 7.67. The van der Waals surface area contributed by atoms with Gasteiger partial charge >= 0.3 is 0 Å². The zero-order chi connectivity index (χ0) is 33.7. The molecule has 0 fully saturated rings. The zero-order valence-electron chi connectivity index (χ0n) is 27.6. The smallest absolute Gasteiger partial charge is 0.0887 e. The molecule has 0 amide bonds. The summed E-state index contributed by atoms with van der Waals surface area (Å²) < 4.78 is 2.25. The second-order valence-electron chi connectivity index (χ2n) is 12.9. The van der Waals surface area contributed by atoms with Crippen molar-refractivity contribution in [2.75, 3.05) is 0 Å². The maximum atomic E-state index is 4.92. The summed E-state index contributed by atoms with van der Waals surface area (Å²) in [7, 11) is 0. The summed E-state index contributed by atoms with van der Waals surface area (Å²) in [6, 6.07) is 56.0. The summed E-state index contributed by atoms with van der Waals surface area (Å²) in [5.74, 6) is 0. The van der Waals surface area contributed by atoms with Crippen LogP contribution in [0.25, 0.3) is 93.8 Å². The molecule has 0 aliphatic carbocycles. The first-order valence-electron chi connectivity index (χ1n) is 17.2. The number of hydrogen-bond donors (Lipinski definition) is 0. The quantitative estimate of drug-likeness (QED) is 0.174. The fourth-order valence-corrected chi connectivity index (χ4v) is 7.67. The number of rotatable bonds is 5. The Morgan fingerprint density at radius 3 is 1.59 bits per heavy atom. The van der Waals surface area contributed by atoms with E-state index in [1.165, 1.54) is 49.2 Å². The maximum Gasteiger partial charge on any atom is 0.0887 e. The van der Waals surface area contributed by atoms with Crippen molar-refractivity contribution in [3.8, 4) is 50.5 Å². The molecule has 0 atom stereocenters. The van der Waals surface area contributed by atoms with Gasteiger partial charge in [0, 0.05) is 34.9 Å². The van der Waals surface area contributed by atoms with Gasteiger partial charge in [-0.15, -0.1) is 0 Å². The highest BCUT2D eigenvalue weighted by Crippen LogP contribution is 2.44. The van der Waals surface area contributed by atoms with Crippen LogP contribution in [0.4, 0.5) is 0 Å². The van der Waals surface area contributed by atoms with E-state index >= 15 is 0 Å². The molecule has 0 aliphatic rings. The molecule has 4 heterocycles. The molecule has 0 N–H and O–H groups in total. The van der Waals surface area contributed by atoms with Crippen LogP contribution in [-0.4, -0.2) is 19.5 Å². The highest BCUT2D eigenvalue weighted by atomic mass is 15.0. The lowest BCUT2D eigenvalue weighted by Crippen LogP contribution is -1.96. The van der Waals surface area contributed by atoms with E-state index < -0.39 is 0 Å². The first-order valence-corrected chi connectivity index (χ1v) is 17.2. The summed E-state index contributed by atoms with van der Waals surface area (Å²) in [6.45, 7) is 0. The number of aromatic nitrogens is 4. The lowest BCUT2D eigenvalue weighted by Gasteiger charge is -2.18. The molecular weight excluding hydrogens is 621 g/mol. The molecule has 10 aromatic rings. The molecule has 238 valence electrons. The zero-order valence-corrected chi connectivity index (χ0v) is 27.6. The van der Waals surface area contributed by atoms with Gasteiger partial charge < -0.3 is 4.57 Å². The van der Waals surface area contributed by atoms with E-state index in [1.807, 2.05) is 24.8 Å². The van der Waals surface area contributed by atoms with Crippen LogP contribution in [0, 0.1) is 0 Å². The van der Waals surface area contributed by atoms with Gasteiger partial charge in [-0.3, -0.25) is 15.0 Å². The van der Waals surface area contributed by atoms with Gasteiger partial charge in [-0.25, -0.2) is 0 Å². The second-order valence-corrected chi connectivity index (χ2v) is 12.9. The normalized spacial score (nSPS) is 11.5. The predicted octanol–water partition coefficient (Wildman–Crippen LogP) is 11.9. The molecule has 6 aromatic carbocycles. The summed E-state index contributed by atoms with van der Waals surface area (Å²) >= 11 is 0. The van der Waals surface area contributed by atoms with Gasteiger partial charge in [-0.1, -0.05) is 121 Å². The molecule has 0 spiro atoms. The van der Waals surface area contributed by atoms with E-state index in [0.29, 0.717) is 0 Å². The number of nitrogens with zero attached hydrogens (tertiary/aromatic N) is 4. The number of benzene rings is 6. The Balaban J connectivity index is 1.06. The van der Waals surface area contributed by atoms with Crippen LogP contribution in [0.2, 0.25) is 0 Å². The molecule has 0 saturated carbocycles. The number of hydrogen-bond acceptors (Lipinski definition) is 3. The van der Waals surface area contributed by atoms with Crippen LogP contribution in [0.3, 0.4) is 0 Å². The molecule has 0 radical (unpaired) electrons. The molecule has 0 saturated heterocycles. The molecule has 0 bridgehead atoms. The van der Waals surface area contributed by atoms with Crippen molar-refractivity contribution in [2.24, 2.45) is 0 Å². The Hall–Kier alpha value is -6.91. The van der Waals surface area contributed by atoms with E-state index in [4.69, 9.17) is 9.97 Å². The Morgan fingerprint density at radius 1 is 0.353 bits per heavy atom. The standard InChI is InChI=1S/C47H30N4/c1-3-11-31(12-4-1)46-37-16-7-8-17-38(37)47(32-13-5-2-6-14-32)40-27-33(19-22-39(40)46)34-20-23-42(49-28-34)43-24-21-35(29-50-43)51-44-18-10-9-15-36(44)41-30-48-26-25-45(41)51/h1-30H. The van der Waals surface area contributed by atoms with Crippen molar-refractivity contribution in [1.29, 1.82) is 0 Å². The van der Waals surface area contributed by atoms with Gasteiger partial charge in [0.15, 0.2) is 0 Å². The van der Waals surface area contributed by atoms with E-state index in [0.717, 1.165) is 44.6 Å². The van der Waals surface area contributed by atoms with Gasteiger partial charge in [0.2, 0.25) is 0 Å². The van der Waals surface area contributed by atoms with Gasteiger partial charge in [-0.2, -0.15) is 0 Å². The molecule has 0 unspecified atom stereocenters. The Bertz CT molecular complexity index is 2820. The summed E-state index contributed by atoms with van der Waals surface area (Å²) in [5, 5.41) is 7.25. The largest absolute Gasteiger partial charge is 0.308 e. The van der Waals surface area contributed by atoms with Gasteiger partial charge in [0.25, 0.3) is 0 Å². The average Bonchev–Trinajstić information content (AvgIpc) is 3.55. The third-order valence-electron chi connectivity index (χ3n) is 9.99. The lowest BCUT2D eigenvalue weighted by atomic mass is 9.85. The minimum Gasteiger partial charge on any atom is -0.308 e. The molecule has 51 heavy (non-hydrogen) atoms. The van der Waals surface area contributed by atoms with Crippen molar-refractivity contribution in [3.05, 3.63) is 183 Å². The minimum atomic E-state index is 0.830. The second kappa shape index (κ2) is 11.9. The van der Waals surface area contributed by atoms with E-state index in [2.05, 4.69) is 167 Å². The number of fused-ring (bicyclic) bond motifs is 5. The van der Waals surface area contributed by atoms with E-state index in [-0.39, 0.29) is 0 Å². The summed E-state index contributed by atoms with van der Waals surface area (Å²) in [4.78, 5) is 14.2. The van der Waals surface area contributed by atoms with Crippen molar-refractivity contribution in [3.63, 3.8) is 0 Å². The molecule has 4 heteroatoms. The van der Waals surface area contributed by atoms with Crippen molar-refractivity contribution >= 4 is 43.4 Å². The molecule has 4 nitrogen and oxygen atoms in total. The third kappa shape index (κ3) is 4.80. The summed E-state index contributed by atoms with van der Waals surface area (Å²) in [6.07, 6.45) is 7.67. The minimum absolute atomic E-state index is 0.830. The number of pyridine rings is 3. The Morgan fingerprint density at radius 2 is 0.922 bits per heavy atom. The maximum absolute atomic E-state index is 4.92. The monoisotopic (exact) mass is 650 g/mol.